The fourth-order valence-electron chi connectivity index (χ4n) is 9.69. The van der Waals surface area contributed by atoms with Crippen LogP contribution in [0.15, 0.2) is 122 Å². The molecule has 0 rings (SSSR count). The maximum Gasteiger partial charge on any atom is 0.306 e. The maximum absolute atomic E-state index is 12.9. The monoisotopic (exact) mass is 1150 g/mol. The SMILES string of the molecule is CC/C=C\C/C=C\C/C=C\C/C=C\C/C=C\CCCCCCCC(=O)OC(COC(=O)CCCCCCC/C=C\C/C=C\CCC)COC(=O)CCCCCCCCCCCCCCCCCC/C=C\C/C=C\C/C=C\CCCCCCC. The fourth-order valence-corrected chi connectivity index (χ4v) is 9.69. The van der Waals surface area contributed by atoms with Gasteiger partial charge in [0.1, 0.15) is 13.2 Å². The first kappa shape index (κ1) is 78.8. The lowest BCUT2D eigenvalue weighted by Crippen LogP contribution is -2.30. The normalized spacial score (nSPS) is 12.9. The van der Waals surface area contributed by atoms with Crippen molar-refractivity contribution in [3.63, 3.8) is 0 Å². The van der Waals surface area contributed by atoms with Gasteiger partial charge in [0.15, 0.2) is 6.10 Å². The van der Waals surface area contributed by atoms with Crippen LogP contribution in [0.3, 0.4) is 0 Å². The first-order valence-electron chi connectivity index (χ1n) is 35.0. The van der Waals surface area contributed by atoms with E-state index in [0.717, 1.165) is 154 Å². The summed E-state index contributed by atoms with van der Waals surface area (Å²) >= 11 is 0. The third kappa shape index (κ3) is 68.5. The molecule has 6 heteroatoms. The van der Waals surface area contributed by atoms with Gasteiger partial charge in [-0.05, 0) is 128 Å². The Morgan fingerprint density at radius 3 is 0.783 bits per heavy atom. The summed E-state index contributed by atoms with van der Waals surface area (Å²) in [6.45, 7) is 6.45. The second-order valence-electron chi connectivity index (χ2n) is 23.1. The Labute approximate surface area is 513 Å². The van der Waals surface area contributed by atoms with Gasteiger partial charge >= 0.3 is 17.9 Å². The van der Waals surface area contributed by atoms with Gasteiger partial charge in [0.05, 0.1) is 0 Å². The molecule has 1 unspecified atom stereocenters. The summed E-state index contributed by atoms with van der Waals surface area (Å²) in [5, 5.41) is 0. The smallest absolute Gasteiger partial charge is 0.306 e. The zero-order chi connectivity index (χ0) is 59.9. The van der Waals surface area contributed by atoms with Crippen LogP contribution < -0.4 is 0 Å². The summed E-state index contributed by atoms with van der Waals surface area (Å²) < 4.78 is 16.9. The van der Waals surface area contributed by atoms with Crippen molar-refractivity contribution < 1.29 is 28.6 Å². The summed E-state index contributed by atoms with van der Waals surface area (Å²) in [6.07, 6.45) is 98.0. The van der Waals surface area contributed by atoms with Gasteiger partial charge in [-0.3, -0.25) is 14.4 Å². The van der Waals surface area contributed by atoms with Gasteiger partial charge in [-0.15, -0.1) is 0 Å². The molecule has 0 aliphatic rings. The second kappa shape index (κ2) is 70.3. The number of hydrogen-bond donors (Lipinski definition) is 0. The molecule has 0 aromatic rings. The standard InChI is InChI=1S/C77H130O6/c1-4-7-10-13-16-19-22-25-27-29-31-33-34-35-36-37-38-39-40-41-42-44-45-47-49-52-55-58-61-64-67-70-76(79)82-73-74(72-81-75(78)69-66-63-60-57-54-51-24-21-18-15-12-9-6-3)83-77(80)71-68-65-62-59-56-53-50-48-46-43-32-30-28-26-23-20-17-14-11-8-5-2/h8,11-12,15,17,20-22,24-26,28-29,31-32,34-35,43,48,50,74H,4-7,9-10,13-14,16,18-19,23,27,30,33,36-42,44-47,49,51-73H2,1-3H3/b11-8-,15-12-,20-17-,24-21-,25-22-,28-26-,31-29-,35-34-,43-32-,50-48-. The predicted molar refractivity (Wildman–Crippen MR) is 362 cm³/mol. The molecule has 0 N–H and O–H groups in total. The molecule has 0 aromatic carbocycles. The van der Waals surface area contributed by atoms with E-state index in [1.807, 2.05) is 0 Å². The van der Waals surface area contributed by atoms with E-state index in [1.165, 1.54) is 135 Å². The molecule has 474 valence electrons. The van der Waals surface area contributed by atoms with Crippen LogP contribution in [0.1, 0.15) is 329 Å². The summed E-state index contributed by atoms with van der Waals surface area (Å²) in [7, 11) is 0. The van der Waals surface area contributed by atoms with Gasteiger partial charge in [0, 0.05) is 19.3 Å². The van der Waals surface area contributed by atoms with Gasteiger partial charge in [-0.25, -0.2) is 0 Å². The van der Waals surface area contributed by atoms with E-state index in [4.69, 9.17) is 14.2 Å². The van der Waals surface area contributed by atoms with E-state index in [9.17, 15) is 14.4 Å². The molecule has 0 aliphatic heterocycles. The maximum atomic E-state index is 12.9. The molecule has 0 fully saturated rings. The molecule has 1 atom stereocenters. The quantitative estimate of drug-likeness (QED) is 0.0261. The molecule has 0 saturated carbocycles. The highest BCUT2D eigenvalue weighted by Crippen LogP contribution is 2.17. The highest BCUT2D eigenvalue weighted by atomic mass is 16.6. The third-order valence-electron chi connectivity index (χ3n) is 14.9. The van der Waals surface area contributed by atoms with E-state index < -0.39 is 6.10 Å². The number of rotatable bonds is 63. The van der Waals surface area contributed by atoms with Crippen molar-refractivity contribution in [2.45, 2.75) is 335 Å². The fraction of sp³-hybridized carbons (Fsp3) is 0.701. The topological polar surface area (TPSA) is 78.9 Å². The van der Waals surface area contributed by atoms with E-state index >= 15 is 0 Å². The number of hydrogen-bond acceptors (Lipinski definition) is 6. The molecular weight excluding hydrogens is 1020 g/mol. The number of allylic oxidation sites excluding steroid dienone is 20. The number of unbranched alkanes of at least 4 members (excludes halogenated alkanes) is 32. The van der Waals surface area contributed by atoms with Gasteiger partial charge < -0.3 is 14.2 Å². The zero-order valence-corrected chi connectivity index (χ0v) is 54.4. The third-order valence-corrected chi connectivity index (χ3v) is 14.9. The van der Waals surface area contributed by atoms with Crippen LogP contribution in [0.2, 0.25) is 0 Å². The minimum atomic E-state index is -0.798. The van der Waals surface area contributed by atoms with E-state index in [0.29, 0.717) is 19.3 Å². The minimum Gasteiger partial charge on any atom is -0.462 e. The van der Waals surface area contributed by atoms with E-state index in [1.54, 1.807) is 0 Å². The van der Waals surface area contributed by atoms with Crippen molar-refractivity contribution in [1.82, 2.24) is 0 Å². The average Bonchev–Trinajstić information content (AvgIpc) is 3.49. The summed E-state index contributed by atoms with van der Waals surface area (Å²) in [5.74, 6) is -0.917. The second-order valence-corrected chi connectivity index (χ2v) is 23.1. The molecule has 0 heterocycles. The predicted octanol–water partition coefficient (Wildman–Crippen LogP) is 24.3. The highest BCUT2D eigenvalue weighted by molar-refractivity contribution is 5.71. The molecule has 0 amide bonds. The van der Waals surface area contributed by atoms with Crippen LogP contribution in [0.5, 0.6) is 0 Å². The van der Waals surface area contributed by atoms with Crippen molar-refractivity contribution in [2.75, 3.05) is 13.2 Å². The Morgan fingerprint density at radius 1 is 0.253 bits per heavy atom. The molecular formula is C77H130O6. The van der Waals surface area contributed by atoms with Gasteiger partial charge in [0.25, 0.3) is 0 Å². The van der Waals surface area contributed by atoms with Gasteiger partial charge in [-0.1, -0.05) is 303 Å². The molecule has 0 radical (unpaired) electrons. The van der Waals surface area contributed by atoms with Crippen LogP contribution in [-0.4, -0.2) is 37.2 Å². The van der Waals surface area contributed by atoms with E-state index in [-0.39, 0.29) is 31.1 Å². The average molecular weight is 1150 g/mol. The zero-order valence-electron chi connectivity index (χ0n) is 54.4. The number of carbonyl (C=O) groups is 3. The van der Waals surface area contributed by atoms with Gasteiger partial charge in [-0.2, -0.15) is 0 Å². The Morgan fingerprint density at radius 2 is 0.494 bits per heavy atom. The number of ether oxygens (including phenoxy) is 3. The molecule has 0 aliphatic carbocycles. The molecule has 0 bridgehead atoms. The molecule has 0 aromatic heterocycles. The molecule has 6 nitrogen and oxygen atoms in total. The first-order chi connectivity index (χ1) is 41.0. The minimum absolute atomic E-state index is 0.0913. The van der Waals surface area contributed by atoms with Crippen LogP contribution in [0, 0.1) is 0 Å². The highest BCUT2D eigenvalue weighted by Gasteiger charge is 2.19. The van der Waals surface area contributed by atoms with Crippen LogP contribution in [0.4, 0.5) is 0 Å². The first-order valence-corrected chi connectivity index (χ1v) is 35.0. The van der Waals surface area contributed by atoms with Crippen LogP contribution >= 0.6 is 0 Å². The molecule has 0 spiro atoms. The number of carbonyl (C=O) groups excluding carboxylic acids is 3. The summed E-state index contributed by atoms with van der Waals surface area (Å²) in [4.78, 5) is 38.4. The lowest BCUT2D eigenvalue weighted by Gasteiger charge is -2.18. The van der Waals surface area contributed by atoms with Gasteiger partial charge in [0.2, 0.25) is 0 Å². The van der Waals surface area contributed by atoms with Crippen molar-refractivity contribution in [1.29, 1.82) is 0 Å². The van der Waals surface area contributed by atoms with Crippen LogP contribution in [-0.2, 0) is 28.6 Å². The molecule has 0 saturated heterocycles. The largest absolute Gasteiger partial charge is 0.462 e. The Kier molecular flexibility index (Phi) is 66.7. The summed E-state index contributed by atoms with van der Waals surface area (Å²) in [6, 6.07) is 0. The molecule has 83 heavy (non-hydrogen) atoms. The van der Waals surface area contributed by atoms with Crippen molar-refractivity contribution in [2.24, 2.45) is 0 Å². The van der Waals surface area contributed by atoms with Crippen LogP contribution in [0.25, 0.3) is 0 Å². The lowest BCUT2D eigenvalue weighted by molar-refractivity contribution is -0.167. The van der Waals surface area contributed by atoms with Crippen molar-refractivity contribution in [3.8, 4) is 0 Å². The van der Waals surface area contributed by atoms with Crippen molar-refractivity contribution in [3.05, 3.63) is 122 Å². The van der Waals surface area contributed by atoms with E-state index in [2.05, 4.69) is 142 Å². The van der Waals surface area contributed by atoms with Crippen molar-refractivity contribution >= 4 is 17.9 Å². The lowest BCUT2D eigenvalue weighted by atomic mass is 10.0. The Balaban J connectivity index is 4.27. The summed E-state index contributed by atoms with van der Waals surface area (Å²) in [5.41, 5.74) is 0. The Bertz CT molecular complexity index is 1700. The number of esters is 3. The Hall–Kier alpha value is -4.19.